The Kier molecular flexibility index (Phi) is 7.56. The molecule has 18 heavy (non-hydrogen) atoms. The fourth-order valence-electron chi connectivity index (χ4n) is 1.72. The Balaban J connectivity index is 2.39. The maximum Gasteiger partial charge on any atom is 0.0649 e. The molecule has 0 spiro atoms. The van der Waals surface area contributed by atoms with E-state index in [1.807, 2.05) is 4.31 Å². The zero-order valence-electron chi connectivity index (χ0n) is 11.9. The van der Waals surface area contributed by atoms with Crippen LogP contribution in [0.15, 0.2) is 0 Å². The van der Waals surface area contributed by atoms with Crippen LogP contribution in [-0.2, 0) is 14.2 Å². The Hall–Kier alpha value is 0.190. The first kappa shape index (κ1) is 16.2. The van der Waals surface area contributed by atoms with Gasteiger partial charge in [0.1, 0.15) is 0 Å². The highest BCUT2D eigenvalue weighted by Crippen LogP contribution is 2.15. The summed E-state index contributed by atoms with van der Waals surface area (Å²) in [6, 6.07) is 0. The quantitative estimate of drug-likeness (QED) is 0.687. The molecular weight excluding hydrogens is 250 g/mol. The molecule has 1 aliphatic heterocycles. The van der Waals surface area contributed by atoms with Crippen molar-refractivity contribution >= 4 is 12.8 Å². The molecular formula is C13H27NO3S. The lowest BCUT2D eigenvalue weighted by Gasteiger charge is -2.27. The summed E-state index contributed by atoms with van der Waals surface area (Å²) in [6.45, 7) is 10.8. The third-order valence-corrected chi connectivity index (χ3v) is 3.51. The Bertz CT molecular complexity index is 206. The molecule has 1 unspecified atom stereocenters. The topological polar surface area (TPSA) is 30.9 Å². The van der Waals surface area contributed by atoms with Crippen LogP contribution in [0.1, 0.15) is 33.6 Å². The Morgan fingerprint density at radius 3 is 2.61 bits per heavy atom. The summed E-state index contributed by atoms with van der Waals surface area (Å²) >= 11 is 4.39. The minimum Gasteiger partial charge on any atom is -0.380 e. The molecule has 1 saturated heterocycles. The molecule has 0 aromatic carbocycles. The second-order valence-electron chi connectivity index (χ2n) is 5.39. The average Bonchev–Trinajstić information content (AvgIpc) is 2.27. The molecule has 1 atom stereocenters. The molecule has 1 heterocycles. The smallest absolute Gasteiger partial charge is 0.0649 e. The molecule has 108 valence electrons. The van der Waals surface area contributed by atoms with E-state index in [1.165, 1.54) is 0 Å². The molecule has 0 amide bonds. The molecule has 0 saturated carbocycles. The van der Waals surface area contributed by atoms with Crippen molar-refractivity contribution in [1.82, 2.24) is 4.31 Å². The van der Waals surface area contributed by atoms with E-state index in [0.717, 1.165) is 39.1 Å². The molecule has 5 heteroatoms. The molecule has 4 nitrogen and oxygen atoms in total. The van der Waals surface area contributed by atoms with Crippen molar-refractivity contribution in [1.29, 1.82) is 0 Å². The van der Waals surface area contributed by atoms with Gasteiger partial charge in [-0.15, -0.1) is 0 Å². The molecule has 0 aliphatic carbocycles. The number of thiol groups is 1. The van der Waals surface area contributed by atoms with Gasteiger partial charge >= 0.3 is 0 Å². The van der Waals surface area contributed by atoms with Crippen molar-refractivity contribution in [2.24, 2.45) is 0 Å². The Labute approximate surface area is 117 Å². The standard InChI is InChI=1S/C13H27NO3S/c1-12-4-8-15-10-6-14(18)7-11-17-13(2,3)5-9-16-12/h12,18H,4-11H2,1-3H3. The van der Waals surface area contributed by atoms with Crippen molar-refractivity contribution in [2.45, 2.75) is 45.3 Å². The highest BCUT2D eigenvalue weighted by atomic mass is 32.1. The van der Waals surface area contributed by atoms with Crippen molar-refractivity contribution in [2.75, 3.05) is 39.5 Å². The summed E-state index contributed by atoms with van der Waals surface area (Å²) < 4.78 is 19.1. The SMILES string of the molecule is CC1CCOCCN(S)CCOC(C)(C)CCO1. The van der Waals surface area contributed by atoms with Crippen molar-refractivity contribution in [3.05, 3.63) is 0 Å². The predicted octanol–water partition coefficient (Wildman–Crippen LogP) is 2.14. The highest BCUT2D eigenvalue weighted by molar-refractivity contribution is 7.77. The van der Waals surface area contributed by atoms with Crippen LogP contribution in [0.4, 0.5) is 0 Å². The van der Waals surface area contributed by atoms with Gasteiger partial charge in [0.15, 0.2) is 0 Å². The molecule has 1 aliphatic rings. The average molecular weight is 277 g/mol. The number of hydrogen-bond acceptors (Lipinski definition) is 5. The van der Waals surface area contributed by atoms with Crippen LogP contribution in [-0.4, -0.2) is 55.5 Å². The predicted molar refractivity (Wildman–Crippen MR) is 76.1 cm³/mol. The van der Waals surface area contributed by atoms with E-state index < -0.39 is 0 Å². The molecule has 0 bridgehead atoms. The van der Waals surface area contributed by atoms with E-state index in [9.17, 15) is 0 Å². The van der Waals surface area contributed by atoms with Crippen molar-refractivity contribution in [3.63, 3.8) is 0 Å². The summed E-state index contributed by atoms with van der Waals surface area (Å²) in [5.41, 5.74) is -0.130. The van der Waals surface area contributed by atoms with Gasteiger partial charge in [0.25, 0.3) is 0 Å². The summed E-state index contributed by atoms with van der Waals surface area (Å²) in [5, 5.41) is 0. The molecule has 1 fully saturated rings. The normalized spacial score (nSPS) is 29.7. The van der Waals surface area contributed by atoms with Crippen molar-refractivity contribution < 1.29 is 14.2 Å². The highest BCUT2D eigenvalue weighted by Gasteiger charge is 2.19. The first-order valence-corrected chi connectivity index (χ1v) is 7.17. The zero-order chi connectivity index (χ0) is 13.4. The maximum atomic E-state index is 5.87. The second-order valence-corrected chi connectivity index (χ2v) is 5.96. The molecule has 0 radical (unpaired) electrons. The van der Waals surface area contributed by atoms with Gasteiger partial charge < -0.3 is 14.2 Å². The number of rotatable bonds is 0. The van der Waals surface area contributed by atoms with E-state index in [4.69, 9.17) is 14.2 Å². The van der Waals surface area contributed by atoms with Crippen LogP contribution >= 0.6 is 12.8 Å². The number of hydrogen-bond donors (Lipinski definition) is 1. The maximum absolute atomic E-state index is 5.87. The van der Waals surface area contributed by atoms with Gasteiger partial charge in [-0.3, -0.25) is 0 Å². The molecule has 0 aromatic heterocycles. The van der Waals surface area contributed by atoms with Gasteiger partial charge in [-0.05, 0) is 33.6 Å². The fraction of sp³-hybridized carbons (Fsp3) is 1.00. The van der Waals surface area contributed by atoms with Crippen molar-refractivity contribution in [3.8, 4) is 0 Å². The van der Waals surface area contributed by atoms with Gasteiger partial charge in [-0.2, -0.15) is 0 Å². The lowest BCUT2D eigenvalue weighted by molar-refractivity contribution is -0.0568. The molecule has 0 aromatic rings. The van der Waals surface area contributed by atoms with Crippen LogP contribution in [0.5, 0.6) is 0 Å². The first-order valence-electron chi connectivity index (χ1n) is 6.77. The fourth-order valence-corrected chi connectivity index (χ4v) is 1.89. The van der Waals surface area contributed by atoms with E-state index in [1.54, 1.807) is 0 Å². The summed E-state index contributed by atoms with van der Waals surface area (Å²) in [7, 11) is 0. The second kappa shape index (κ2) is 8.38. The lowest BCUT2D eigenvalue weighted by atomic mass is 10.1. The minimum atomic E-state index is -0.130. The lowest BCUT2D eigenvalue weighted by Crippen LogP contribution is -2.32. The van der Waals surface area contributed by atoms with E-state index in [-0.39, 0.29) is 11.7 Å². The molecule has 1 rings (SSSR count). The van der Waals surface area contributed by atoms with Crippen LogP contribution in [0.2, 0.25) is 0 Å². The van der Waals surface area contributed by atoms with E-state index in [0.29, 0.717) is 13.2 Å². The Morgan fingerprint density at radius 1 is 1.11 bits per heavy atom. The van der Waals surface area contributed by atoms with Crippen LogP contribution < -0.4 is 0 Å². The number of nitrogens with zero attached hydrogens (tertiary/aromatic N) is 1. The first-order chi connectivity index (χ1) is 8.49. The largest absolute Gasteiger partial charge is 0.380 e. The Morgan fingerprint density at radius 2 is 1.83 bits per heavy atom. The number of ether oxygens (including phenoxy) is 3. The monoisotopic (exact) mass is 277 g/mol. The van der Waals surface area contributed by atoms with E-state index in [2.05, 4.69) is 33.6 Å². The summed E-state index contributed by atoms with van der Waals surface area (Å²) in [5.74, 6) is 0. The van der Waals surface area contributed by atoms with Gasteiger partial charge in [0.05, 0.1) is 24.9 Å². The summed E-state index contributed by atoms with van der Waals surface area (Å²) in [6.07, 6.45) is 2.09. The van der Waals surface area contributed by atoms with Crippen LogP contribution in [0.25, 0.3) is 0 Å². The van der Waals surface area contributed by atoms with Crippen LogP contribution in [0, 0.1) is 0 Å². The third-order valence-electron chi connectivity index (χ3n) is 3.11. The third kappa shape index (κ3) is 7.59. The summed E-state index contributed by atoms with van der Waals surface area (Å²) in [4.78, 5) is 0. The zero-order valence-corrected chi connectivity index (χ0v) is 12.7. The minimum absolute atomic E-state index is 0.130. The van der Waals surface area contributed by atoms with Gasteiger partial charge in [0, 0.05) is 26.3 Å². The van der Waals surface area contributed by atoms with Gasteiger partial charge in [-0.25, -0.2) is 4.31 Å². The van der Waals surface area contributed by atoms with Crippen LogP contribution in [0.3, 0.4) is 0 Å². The molecule has 0 N–H and O–H groups in total. The van der Waals surface area contributed by atoms with E-state index >= 15 is 0 Å². The van der Waals surface area contributed by atoms with Gasteiger partial charge in [0.2, 0.25) is 0 Å². The van der Waals surface area contributed by atoms with Gasteiger partial charge in [-0.1, -0.05) is 12.8 Å².